The van der Waals surface area contributed by atoms with E-state index in [4.69, 9.17) is 4.74 Å². The van der Waals surface area contributed by atoms with Crippen LogP contribution in [0.2, 0.25) is 6.32 Å². The van der Waals surface area contributed by atoms with Gasteiger partial charge in [0.2, 0.25) is 0 Å². The lowest BCUT2D eigenvalue weighted by Crippen LogP contribution is -2.13. The third-order valence-electron chi connectivity index (χ3n) is 4.31. The van der Waals surface area contributed by atoms with Crippen LogP contribution in [-0.4, -0.2) is 15.0 Å². The van der Waals surface area contributed by atoms with Gasteiger partial charge in [-0.1, -0.05) is 31.3 Å². The summed E-state index contributed by atoms with van der Waals surface area (Å²) in [6.07, 6.45) is 6.90. The summed E-state index contributed by atoms with van der Waals surface area (Å²) in [7, 11) is 4.07. The molecule has 0 atom stereocenters. The molecule has 0 N–H and O–H groups in total. The molecule has 0 heterocycles. The molecular weight excluding hydrogens is 207 g/mol. The minimum atomic E-state index is 0.780. The zero-order chi connectivity index (χ0) is 12.3. The van der Waals surface area contributed by atoms with Gasteiger partial charge in [-0.25, -0.2) is 0 Å². The summed E-state index contributed by atoms with van der Waals surface area (Å²) in [6, 6.07) is 6.69. The Labute approximate surface area is 106 Å². The molecule has 2 rings (SSSR count). The van der Waals surface area contributed by atoms with Gasteiger partial charge < -0.3 is 4.74 Å². The third kappa shape index (κ3) is 2.85. The summed E-state index contributed by atoms with van der Waals surface area (Å²) in [5.74, 6) is 2.77. The molecule has 0 unspecified atom stereocenters. The van der Waals surface area contributed by atoms with Gasteiger partial charge in [-0.05, 0) is 48.8 Å². The van der Waals surface area contributed by atoms with E-state index >= 15 is 0 Å². The van der Waals surface area contributed by atoms with E-state index < -0.39 is 0 Å². The summed E-state index contributed by atoms with van der Waals surface area (Å²) in [5.41, 5.74) is 2.78. The third-order valence-corrected chi connectivity index (χ3v) is 4.31. The second-order valence-electron chi connectivity index (χ2n) is 5.35. The number of methoxy groups -OCH3 is 1. The fourth-order valence-corrected chi connectivity index (χ4v) is 3.06. The minimum absolute atomic E-state index is 0.780. The van der Waals surface area contributed by atoms with Gasteiger partial charge in [0.25, 0.3) is 0 Å². The fraction of sp³-hybridized carbons (Fsp3) is 0.600. The Hall–Kier alpha value is -0.915. The highest BCUT2D eigenvalue weighted by Crippen LogP contribution is 2.37. The van der Waals surface area contributed by atoms with Crippen molar-refractivity contribution in [3.8, 4) is 5.75 Å². The van der Waals surface area contributed by atoms with Crippen LogP contribution in [0.3, 0.4) is 0 Å². The van der Waals surface area contributed by atoms with Gasteiger partial charge in [0.1, 0.15) is 13.6 Å². The Kier molecular flexibility index (Phi) is 4.14. The molecule has 1 saturated carbocycles. The average molecular weight is 230 g/mol. The number of hydrogen-bond acceptors (Lipinski definition) is 1. The first-order valence-corrected chi connectivity index (χ1v) is 6.89. The molecule has 1 aliphatic carbocycles. The first kappa shape index (κ1) is 12.5. The van der Waals surface area contributed by atoms with E-state index in [0.29, 0.717) is 0 Å². The van der Waals surface area contributed by atoms with Crippen LogP contribution in [0.4, 0.5) is 0 Å². The Morgan fingerprint density at radius 3 is 2.47 bits per heavy atom. The van der Waals surface area contributed by atoms with Gasteiger partial charge in [-0.2, -0.15) is 0 Å². The van der Waals surface area contributed by atoms with Crippen molar-refractivity contribution in [2.24, 2.45) is 5.92 Å². The maximum Gasteiger partial charge on any atom is 0.121 e. The zero-order valence-corrected chi connectivity index (χ0v) is 11.3. The zero-order valence-electron chi connectivity index (χ0n) is 11.3. The van der Waals surface area contributed by atoms with Gasteiger partial charge in [0, 0.05) is 0 Å². The van der Waals surface area contributed by atoms with Crippen LogP contribution in [-0.2, 0) is 0 Å². The first-order chi connectivity index (χ1) is 8.24. The van der Waals surface area contributed by atoms with Crippen LogP contribution in [0, 0.1) is 12.8 Å². The maximum absolute atomic E-state index is 5.32. The number of rotatable bonds is 3. The molecule has 0 aliphatic heterocycles. The van der Waals surface area contributed by atoms with Crippen molar-refractivity contribution in [3.63, 3.8) is 0 Å². The summed E-state index contributed by atoms with van der Waals surface area (Å²) in [4.78, 5) is 0. The SMILES string of the molecule is BC[C@H]1CC[C@H](c2ccc(OC)c(C)c2)CC1. The number of ether oxygens (including phenoxy) is 1. The summed E-state index contributed by atoms with van der Waals surface area (Å²) in [6.45, 7) is 2.14. The molecule has 2 heteroatoms. The molecule has 0 saturated heterocycles. The molecule has 1 nitrogen and oxygen atoms in total. The highest BCUT2D eigenvalue weighted by Gasteiger charge is 2.21. The number of hydrogen-bond donors (Lipinski definition) is 0. The van der Waals surface area contributed by atoms with Crippen LogP contribution < -0.4 is 4.74 Å². The van der Waals surface area contributed by atoms with E-state index in [1.807, 2.05) is 0 Å². The Morgan fingerprint density at radius 2 is 1.94 bits per heavy atom. The number of benzene rings is 1. The van der Waals surface area contributed by atoms with E-state index in [0.717, 1.165) is 17.6 Å². The lowest BCUT2D eigenvalue weighted by Gasteiger charge is -2.28. The summed E-state index contributed by atoms with van der Waals surface area (Å²) in [5, 5.41) is 0. The van der Waals surface area contributed by atoms with Crippen LogP contribution in [0.1, 0.15) is 42.7 Å². The van der Waals surface area contributed by atoms with Gasteiger partial charge in [0.05, 0.1) is 7.11 Å². The Morgan fingerprint density at radius 1 is 1.24 bits per heavy atom. The predicted octanol–water partition coefficient (Wildman–Crippen LogP) is 3.33. The van der Waals surface area contributed by atoms with Crippen molar-refractivity contribution < 1.29 is 4.74 Å². The number of aryl methyl sites for hydroxylation is 1. The minimum Gasteiger partial charge on any atom is -0.496 e. The normalized spacial score (nSPS) is 24.6. The molecule has 0 radical (unpaired) electrons. The molecule has 92 valence electrons. The molecule has 1 fully saturated rings. The molecule has 0 aromatic heterocycles. The van der Waals surface area contributed by atoms with Crippen LogP contribution >= 0.6 is 0 Å². The van der Waals surface area contributed by atoms with E-state index in [1.165, 1.54) is 43.1 Å². The van der Waals surface area contributed by atoms with Crippen LogP contribution in [0.15, 0.2) is 18.2 Å². The van der Waals surface area contributed by atoms with Crippen molar-refractivity contribution in [3.05, 3.63) is 29.3 Å². The van der Waals surface area contributed by atoms with Gasteiger partial charge in [-0.3, -0.25) is 0 Å². The monoisotopic (exact) mass is 230 g/mol. The fourth-order valence-electron chi connectivity index (χ4n) is 3.06. The van der Waals surface area contributed by atoms with E-state index in [2.05, 4.69) is 33.0 Å². The quantitative estimate of drug-likeness (QED) is 0.723. The Bertz CT molecular complexity index is 367. The topological polar surface area (TPSA) is 9.23 Å². The van der Waals surface area contributed by atoms with Crippen LogP contribution in [0.5, 0.6) is 5.75 Å². The van der Waals surface area contributed by atoms with Crippen molar-refractivity contribution in [1.82, 2.24) is 0 Å². The lowest BCUT2D eigenvalue weighted by molar-refractivity contribution is 0.347. The standard InChI is InChI=1S/C15H23BO/c1-11-9-14(7-8-15(11)17-2)13-5-3-12(10-16)4-6-13/h7-9,12-13H,3-6,10,16H2,1-2H3/t12-,13-. The lowest BCUT2D eigenvalue weighted by atomic mass is 9.74. The molecule has 0 spiro atoms. The predicted molar refractivity (Wildman–Crippen MR) is 75.8 cm³/mol. The largest absolute Gasteiger partial charge is 0.496 e. The molecule has 1 aliphatic rings. The van der Waals surface area contributed by atoms with E-state index in [1.54, 1.807) is 7.11 Å². The molecule has 0 bridgehead atoms. The smallest absolute Gasteiger partial charge is 0.121 e. The molecule has 17 heavy (non-hydrogen) atoms. The van der Waals surface area contributed by atoms with Gasteiger partial charge in [0.15, 0.2) is 0 Å². The molecule has 1 aromatic rings. The van der Waals surface area contributed by atoms with E-state index in [9.17, 15) is 0 Å². The summed E-state index contributed by atoms with van der Waals surface area (Å²) >= 11 is 0. The molecule has 0 amide bonds. The Balaban J connectivity index is 2.06. The highest BCUT2D eigenvalue weighted by atomic mass is 16.5. The second kappa shape index (κ2) is 5.62. The second-order valence-corrected chi connectivity index (χ2v) is 5.35. The van der Waals surface area contributed by atoms with Crippen molar-refractivity contribution in [2.45, 2.75) is 44.8 Å². The van der Waals surface area contributed by atoms with Crippen molar-refractivity contribution in [2.75, 3.05) is 7.11 Å². The van der Waals surface area contributed by atoms with Crippen molar-refractivity contribution >= 4 is 7.85 Å². The average Bonchev–Trinajstić information content (AvgIpc) is 2.39. The highest BCUT2D eigenvalue weighted by molar-refractivity contribution is 6.08. The summed E-state index contributed by atoms with van der Waals surface area (Å²) < 4.78 is 5.32. The molecule has 1 aromatic carbocycles. The van der Waals surface area contributed by atoms with E-state index in [-0.39, 0.29) is 0 Å². The molecular formula is C15H23BO. The van der Waals surface area contributed by atoms with Gasteiger partial charge >= 0.3 is 0 Å². The first-order valence-electron chi connectivity index (χ1n) is 6.89. The van der Waals surface area contributed by atoms with Crippen LogP contribution in [0.25, 0.3) is 0 Å². The van der Waals surface area contributed by atoms with Gasteiger partial charge in [-0.15, -0.1) is 0 Å². The maximum atomic E-state index is 5.32. The van der Waals surface area contributed by atoms with Crippen molar-refractivity contribution in [1.29, 1.82) is 0 Å².